The maximum atomic E-state index is 12.4. The molecule has 3 fully saturated rings. The number of ether oxygens (including phenoxy) is 2. The largest absolute Gasteiger partial charge is 0.444 e. The number of nitrogens with zero attached hydrogens (tertiary/aromatic N) is 2. The highest BCUT2D eigenvalue weighted by atomic mass is 16.6. The van der Waals surface area contributed by atoms with Crippen LogP contribution in [0.2, 0.25) is 0 Å². The Bertz CT molecular complexity index is 601. The smallest absolute Gasteiger partial charge is 0.410 e. The van der Waals surface area contributed by atoms with Crippen molar-refractivity contribution in [3.05, 3.63) is 23.8 Å². The van der Waals surface area contributed by atoms with E-state index in [9.17, 15) is 4.79 Å². The molecule has 4 aliphatic rings. The summed E-state index contributed by atoms with van der Waals surface area (Å²) in [6.07, 6.45) is 9.23. The van der Waals surface area contributed by atoms with Gasteiger partial charge in [0.2, 0.25) is 0 Å². The minimum Gasteiger partial charge on any atom is -0.444 e. The summed E-state index contributed by atoms with van der Waals surface area (Å²) in [6, 6.07) is 0.504. The minimum absolute atomic E-state index is 0.161. The van der Waals surface area contributed by atoms with Crippen molar-refractivity contribution in [2.45, 2.75) is 45.3 Å². The van der Waals surface area contributed by atoms with E-state index in [0.717, 1.165) is 45.8 Å². The fourth-order valence-corrected chi connectivity index (χ4v) is 4.55. The number of likely N-dealkylation sites (tertiary alicyclic amines) is 1. The predicted molar refractivity (Wildman–Crippen MR) is 96.4 cm³/mol. The van der Waals surface area contributed by atoms with Gasteiger partial charge in [-0.3, -0.25) is 4.90 Å². The zero-order chi connectivity index (χ0) is 17.7. The molecular weight excluding hydrogens is 316 g/mol. The topological polar surface area (TPSA) is 42.0 Å². The lowest BCUT2D eigenvalue weighted by molar-refractivity contribution is 0.0256. The number of carbonyl (C=O) groups excluding carboxylic acids is 1. The van der Waals surface area contributed by atoms with Crippen LogP contribution in [-0.4, -0.2) is 66.9 Å². The lowest BCUT2D eigenvalue weighted by Crippen LogP contribution is -2.43. The number of piperidine rings is 1. The third kappa shape index (κ3) is 3.36. The van der Waals surface area contributed by atoms with Gasteiger partial charge in [0, 0.05) is 37.6 Å². The Hall–Kier alpha value is -1.33. The Labute approximate surface area is 150 Å². The monoisotopic (exact) mass is 346 g/mol. The molecule has 2 aliphatic carbocycles. The van der Waals surface area contributed by atoms with Crippen LogP contribution < -0.4 is 0 Å². The van der Waals surface area contributed by atoms with Crippen molar-refractivity contribution in [1.82, 2.24) is 9.80 Å². The van der Waals surface area contributed by atoms with Crippen LogP contribution >= 0.6 is 0 Å². The van der Waals surface area contributed by atoms with Crippen LogP contribution in [0, 0.1) is 11.3 Å². The van der Waals surface area contributed by atoms with Gasteiger partial charge in [-0.25, -0.2) is 4.79 Å². The summed E-state index contributed by atoms with van der Waals surface area (Å²) >= 11 is 0. The van der Waals surface area contributed by atoms with Gasteiger partial charge in [0.1, 0.15) is 5.60 Å². The molecule has 2 heterocycles. The Morgan fingerprint density at radius 2 is 2.08 bits per heavy atom. The lowest BCUT2D eigenvalue weighted by Gasteiger charge is -2.34. The average Bonchev–Trinajstić information content (AvgIpc) is 3.16. The van der Waals surface area contributed by atoms with Gasteiger partial charge in [-0.15, -0.1) is 0 Å². The van der Waals surface area contributed by atoms with E-state index >= 15 is 0 Å². The average molecular weight is 346 g/mol. The van der Waals surface area contributed by atoms with Gasteiger partial charge in [-0.1, -0.05) is 18.2 Å². The van der Waals surface area contributed by atoms with Gasteiger partial charge in [0.15, 0.2) is 0 Å². The quantitative estimate of drug-likeness (QED) is 0.771. The molecule has 0 aromatic carbocycles. The molecule has 1 saturated carbocycles. The maximum absolute atomic E-state index is 12.4. The van der Waals surface area contributed by atoms with Crippen LogP contribution in [0.25, 0.3) is 0 Å². The van der Waals surface area contributed by atoms with Crippen molar-refractivity contribution in [1.29, 1.82) is 0 Å². The third-order valence-corrected chi connectivity index (χ3v) is 5.96. The van der Waals surface area contributed by atoms with E-state index in [0.29, 0.717) is 12.0 Å². The number of morpholine rings is 1. The molecule has 2 aliphatic heterocycles. The van der Waals surface area contributed by atoms with Crippen molar-refractivity contribution >= 4 is 6.09 Å². The Balaban J connectivity index is 1.37. The van der Waals surface area contributed by atoms with Gasteiger partial charge >= 0.3 is 6.09 Å². The number of carbonyl (C=O) groups is 1. The molecule has 0 aromatic rings. The number of allylic oxidation sites excluding steroid dienone is 1. The van der Waals surface area contributed by atoms with Crippen LogP contribution in [0.1, 0.15) is 33.6 Å². The molecule has 0 aromatic heterocycles. The van der Waals surface area contributed by atoms with Crippen molar-refractivity contribution in [2.24, 2.45) is 11.3 Å². The SMILES string of the molecule is CC(C)(C)OC(=O)N1CC2CC2(C2=CCC(N3CCOCC3)C=C2)C1. The molecule has 5 heteroatoms. The summed E-state index contributed by atoms with van der Waals surface area (Å²) < 4.78 is 11.0. The van der Waals surface area contributed by atoms with E-state index in [1.165, 1.54) is 12.0 Å². The molecular formula is C20H30N2O3. The fourth-order valence-electron chi connectivity index (χ4n) is 4.55. The number of hydrogen-bond donors (Lipinski definition) is 0. The second-order valence-electron chi connectivity index (χ2n) is 8.89. The molecule has 5 nitrogen and oxygen atoms in total. The first-order chi connectivity index (χ1) is 11.9. The zero-order valence-electron chi connectivity index (χ0n) is 15.7. The second kappa shape index (κ2) is 6.13. The first-order valence-electron chi connectivity index (χ1n) is 9.56. The molecule has 25 heavy (non-hydrogen) atoms. The van der Waals surface area contributed by atoms with Crippen molar-refractivity contribution in [2.75, 3.05) is 39.4 Å². The molecule has 0 bridgehead atoms. The number of amides is 1. The van der Waals surface area contributed by atoms with Crippen molar-refractivity contribution in [3.8, 4) is 0 Å². The van der Waals surface area contributed by atoms with E-state index in [-0.39, 0.29) is 11.5 Å². The summed E-state index contributed by atoms with van der Waals surface area (Å²) in [6.45, 7) is 11.2. The maximum Gasteiger partial charge on any atom is 0.410 e. The molecule has 3 atom stereocenters. The Morgan fingerprint density at radius 3 is 2.72 bits per heavy atom. The van der Waals surface area contributed by atoms with Gasteiger partial charge in [-0.2, -0.15) is 0 Å². The van der Waals surface area contributed by atoms with E-state index in [2.05, 4.69) is 23.1 Å². The van der Waals surface area contributed by atoms with Crippen LogP contribution in [0.4, 0.5) is 4.79 Å². The van der Waals surface area contributed by atoms with Gasteiger partial charge < -0.3 is 14.4 Å². The van der Waals surface area contributed by atoms with Gasteiger partial charge in [0.25, 0.3) is 0 Å². The molecule has 138 valence electrons. The van der Waals surface area contributed by atoms with E-state index in [1.54, 1.807) is 0 Å². The zero-order valence-corrected chi connectivity index (χ0v) is 15.7. The highest BCUT2D eigenvalue weighted by Gasteiger charge is 2.62. The van der Waals surface area contributed by atoms with Crippen LogP contribution in [0.15, 0.2) is 23.8 Å². The summed E-state index contributed by atoms with van der Waals surface area (Å²) in [7, 11) is 0. The van der Waals surface area contributed by atoms with Crippen LogP contribution in [0.5, 0.6) is 0 Å². The summed E-state index contributed by atoms with van der Waals surface area (Å²) in [5, 5.41) is 0. The van der Waals surface area contributed by atoms with Gasteiger partial charge in [0.05, 0.1) is 13.2 Å². The van der Waals surface area contributed by atoms with Crippen LogP contribution in [-0.2, 0) is 9.47 Å². The highest BCUT2D eigenvalue weighted by Crippen LogP contribution is 2.63. The molecule has 2 saturated heterocycles. The number of fused-ring (bicyclic) bond motifs is 1. The molecule has 0 N–H and O–H groups in total. The summed E-state index contributed by atoms with van der Waals surface area (Å²) in [4.78, 5) is 16.8. The summed E-state index contributed by atoms with van der Waals surface area (Å²) in [5.41, 5.74) is 1.21. The number of hydrogen-bond acceptors (Lipinski definition) is 4. The van der Waals surface area contributed by atoms with E-state index in [4.69, 9.17) is 9.47 Å². The van der Waals surface area contributed by atoms with Crippen LogP contribution in [0.3, 0.4) is 0 Å². The van der Waals surface area contributed by atoms with Gasteiger partial charge in [-0.05, 0) is 45.1 Å². The molecule has 4 rings (SSSR count). The number of rotatable bonds is 2. The Morgan fingerprint density at radius 1 is 1.32 bits per heavy atom. The summed E-state index contributed by atoms with van der Waals surface area (Å²) in [5.74, 6) is 0.607. The molecule has 0 radical (unpaired) electrons. The lowest BCUT2D eigenvalue weighted by atomic mass is 9.88. The fraction of sp³-hybridized carbons (Fsp3) is 0.750. The highest BCUT2D eigenvalue weighted by molar-refractivity contribution is 5.69. The third-order valence-electron chi connectivity index (χ3n) is 5.96. The van der Waals surface area contributed by atoms with Crippen molar-refractivity contribution < 1.29 is 14.3 Å². The predicted octanol–water partition coefficient (Wildman–Crippen LogP) is 2.83. The minimum atomic E-state index is -0.424. The van der Waals surface area contributed by atoms with E-state index in [1.807, 2.05) is 25.7 Å². The van der Waals surface area contributed by atoms with E-state index < -0.39 is 5.60 Å². The first-order valence-corrected chi connectivity index (χ1v) is 9.56. The van der Waals surface area contributed by atoms with Crippen molar-refractivity contribution in [3.63, 3.8) is 0 Å². The first kappa shape index (κ1) is 17.1. The molecule has 0 spiro atoms. The standard InChI is InChI=1S/C20H30N2O3/c1-19(2,3)25-18(23)22-13-16-12-20(16,14-22)15-4-6-17(7-5-15)21-8-10-24-11-9-21/h4-6,16-17H,7-14H2,1-3H3. The Kier molecular flexibility index (Phi) is 4.19. The molecule has 3 unspecified atom stereocenters. The second-order valence-corrected chi connectivity index (χ2v) is 8.89. The normalized spacial score (nSPS) is 35.3. The molecule has 1 amide bonds.